The zero-order valence-electron chi connectivity index (χ0n) is 16.7. The fourth-order valence-electron chi connectivity index (χ4n) is 3.97. The average molecular weight is 508 g/mol. The van der Waals surface area contributed by atoms with Gasteiger partial charge in [-0.05, 0) is 29.6 Å². The molecule has 0 spiro atoms. The van der Waals surface area contributed by atoms with E-state index >= 15 is 0 Å². The summed E-state index contributed by atoms with van der Waals surface area (Å²) >= 11 is 4.71. The van der Waals surface area contributed by atoms with E-state index in [0.29, 0.717) is 51.3 Å². The van der Waals surface area contributed by atoms with Crippen molar-refractivity contribution in [1.29, 1.82) is 5.26 Å². The number of esters is 2. The smallest absolute Gasteiger partial charge is 0.354 e. The minimum atomic E-state index is -0.553. The Morgan fingerprint density at radius 3 is 2.81 bits per heavy atom. The minimum absolute atomic E-state index is 0.192. The van der Waals surface area contributed by atoms with E-state index < -0.39 is 11.9 Å². The second-order valence-corrected chi connectivity index (χ2v) is 8.95. The van der Waals surface area contributed by atoms with Crippen LogP contribution in [0.15, 0.2) is 46.3 Å². The van der Waals surface area contributed by atoms with E-state index in [2.05, 4.69) is 22.0 Å². The van der Waals surface area contributed by atoms with Gasteiger partial charge in [-0.3, -0.25) is 4.98 Å². The summed E-state index contributed by atoms with van der Waals surface area (Å²) in [5.74, 6) is -0.896. The lowest BCUT2D eigenvalue weighted by atomic mass is 9.95. The van der Waals surface area contributed by atoms with Gasteiger partial charge < -0.3 is 14.0 Å². The lowest BCUT2D eigenvalue weighted by Gasteiger charge is -2.23. The summed E-state index contributed by atoms with van der Waals surface area (Å²) in [4.78, 5) is 30.4. The van der Waals surface area contributed by atoms with Gasteiger partial charge >= 0.3 is 11.9 Å². The predicted molar refractivity (Wildman–Crippen MR) is 122 cm³/mol. The highest BCUT2D eigenvalue weighted by molar-refractivity contribution is 9.10. The highest BCUT2D eigenvalue weighted by Gasteiger charge is 2.32. The normalized spacial score (nSPS) is 12.0. The van der Waals surface area contributed by atoms with Crippen molar-refractivity contribution in [2.45, 2.75) is 13.0 Å². The molecule has 4 aromatic rings. The minimum Gasteiger partial charge on any atom is -0.464 e. The van der Waals surface area contributed by atoms with Crippen molar-refractivity contribution in [3.8, 4) is 23.1 Å². The quantitative estimate of drug-likeness (QED) is 0.363. The van der Waals surface area contributed by atoms with Crippen molar-refractivity contribution in [1.82, 2.24) is 9.55 Å². The van der Waals surface area contributed by atoms with Crippen LogP contribution < -0.4 is 4.74 Å². The number of benzene rings is 1. The molecule has 1 aromatic carbocycles. The molecule has 4 heterocycles. The number of aryl methyl sites for hydroxylation is 1. The molecule has 7 nitrogen and oxygen atoms in total. The number of ether oxygens (including phenoxy) is 2. The molecule has 5 rings (SSSR count). The Morgan fingerprint density at radius 1 is 1.25 bits per heavy atom. The molecule has 0 fully saturated rings. The number of carbonyl (C=O) groups is 2. The fraction of sp³-hybridized carbons (Fsp3) is 0.130. The van der Waals surface area contributed by atoms with Gasteiger partial charge in [0.05, 0.1) is 29.6 Å². The molecule has 1 aliphatic heterocycles. The van der Waals surface area contributed by atoms with E-state index in [4.69, 9.17) is 14.5 Å². The zero-order chi connectivity index (χ0) is 22.4. The maximum absolute atomic E-state index is 12.7. The number of pyridine rings is 1. The number of hydrogen-bond donors (Lipinski definition) is 0. The van der Waals surface area contributed by atoms with Crippen molar-refractivity contribution in [2.75, 3.05) is 7.11 Å². The standard InChI is InChI=1S/C23H14BrN3O4S/c1-30-22(28)17-10-18(31-23(29)19-3-2-8-32-19)21-20-14(11-25)13-9-12(24)4-5-15(13)26-16(20)6-7-27(17)21/h2-5,8-10H,6-7H2,1H3. The Bertz CT molecular complexity index is 1450. The molecule has 0 radical (unpaired) electrons. The number of hydrogen-bond acceptors (Lipinski definition) is 7. The Balaban J connectivity index is 1.78. The summed E-state index contributed by atoms with van der Waals surface area (Å²) in [7, 11) is 1.30. The monoisotopic (exact) mass is 507 g/mol. The molecule has 0 saturated heterocycles. The molecule has 0 unspecified atom stereocenters. The van der Waals surface area contributed by atoms with E-state index in [1.165, 1.54) is 24.5 Å². The topological polar surface area (TPSA) is 94.2 Å². The second kappa shape index (κ2) is 7.89. The molecule has 0 bridgehead atoms. The molecule has 9 heteroatoms. The van der Waals surface area contributed by atoms with Gasteiger partial charge in [0.25, 0.3) is 0 Å². The van der Waals surface area contributed by atoms with Crippen molar-refractivity contribution in [3.05, 3.63) is 68.1 Å². The van der Waals surface area contributed by atoms with Crippen LogP contribution in [0.2, 0.25) is 0 Å². The number of methoxy groups -OCH3 is 1. The molecule has 0 saturated carbocycles. The first-order valence-electron chi connectivity index (χ1n) is 9.62. The van der Waals surface area contributed by atoms with E-state index in [9.17, 15) is 14.9 Å². The van der Waals surface area contributed by atoms with Crippen LogP contribution in [0, 0.1) is 11.3 Å². The number of fused-ring (bicyclic) bond motifs is 4. The van der Waals surface area contributed by atoms with Crippen molar-refractivity contribution < 1.29 is 19.1 Å². The van der Waals surface area contributed by atoms with Gasteiger partial charge in [0, 0.05) is 34.5 Å². The number of halogens is 1. The van der Waals surface area contributed by atoms with Gasteiger partial charge in [0.1, 0.15) is 16.6 Å². The number of aromatic nitrogens is 2. The van der Waals surface area contributed by atoms with Crippen LogP contribution in [-0.2, 0) is 17.7 Å². The first-order chi connectivity index (χ1) is 15.5. The van der Waals surface area contributed by atoms with Crippen LogP contribution in [0.25, 0.3) is 22.2 Å². The van der Waals surface area contributed by atoms with Gasteiger partial charge in [0.2, 0.25) is 0 Å². The molecular formula is C23H14BrN3O4S. The Kier molecular flexibility index (Phi) is 5.04. The average Bonchev–Trinajstić information content (AvgIpc) is 3.46. The molecule has 1 aliphatic rings. The largest absolute Gasteiger partial charge is 0.464 e. The molecule has 32 heavy (non-hydrogen) atoms. The summed E-state index contributed by atoms with van der Waals surface area (Å²) < 4.78 is 13.2. The lowest BCUT2D eigenvalue weighted by Crippen LogP contribution is -2.19. The Labute approximate surface area is 195 Å². The summed E-state index contributed by atoms with van der Waals surface area (Å²) in [6.45, 7) is 0.434. The predicted octanol–water partition coefficient (Wildman–Crippen LogP) is 4.96. The van der Waals surface area contributed by atoms with E-state index in [-0.39, 0.29) is 11.4 Å². The van der Waals surface area contributed by atoms with Gasteiger partial charge in [-0.1, -0.05) is 22.0 Å². The van der Waals surface area contributed by atoms with Crippen molar-refractivity contribution in [2.24, 2.45) is 0 Å². The second-order valence-electron chi connectivity index (χ2n) is 7.08. The maximum Gasteiger partial charge on any atom is 0.354 e. The molecule has 0 atom stereocenters. The van der Waals surface area contributed by atoms with Gasteiger partial charge in [0.15, 0.2) is 5.75 Å². The molecule has 0 aliphatic carbocycles. The zero-order valence-corrected chi connectivity index (χ0v) is 19.1. The Hall–Kier alpha value is -3.48. The summed E-state index contributed by atoms with van der Waals surface area (Å²) in [6, 6.07) is 12.8. The number of nitriles is 1. The number of nitrogens with zero attached hydrogens (tertiary/aromatic N) is 3. The molecule has 0 amide bonds. The van der Waals surface area contributed by atoms with Crippen LogP contribution in [0.3, 0.4) is 0 Å². The van der Waals surface area contributed by atoms with Crippen LogP contribution in [0.1, 0.15) is 31.4 Å². The SMILES string of the molecule is COC(=O)c1cc(OC(=O)c2cccs2)c2n1CCc1nc3ccc(Br)cc3c(C#N)c1-2. The van der Waals surface area contributed by atoms with E-state index in [1.807, 2.05) is 18.2 Å². The summed E-state index contributed by atoms with van der Waals surface area (Å²) in [6.07, 6.45) is 0.514. The summed E-state index contributed by atoms with van der Waals surface area (Å²) in [5, 5.41) is 12.5. The first-order valence-corrected chi connectivity index (χ1v) is 11.3. The number of thiophene rings is 1. The van der Waals surface area contributed by atoms with Crippen LogP contribution in [0.5, 0.6) is 5.75 Å². The van der Waals surface area contributed by atoms with Gasteiger partial charge in [-0.2, -0.15) is 5.26 Å². The number of rotatable bonds is 3. The van der Waals surface area contributed by atoms with E-state index in [1.54, 1.807) is 22.1 Å². The van der Waals surface area contributed by atoms with Crippen molar-refractivity contribution in [3.63, 3.8) is 0 Å². The van der Waals surface area contributed by atoms with E-state index in [0.717, 1.165) is 4.47 Å². The van der Waals surface area contributed by atoms with Gasteiger partial charge in [-0.15, -0.1) is 11.3 Å². The molecular weight excluding hydrogens is 494 g/mol. The third-order valence-electron chi connectivity index (χ3n) is 5.32. The fourth-order valence-corrected chi connectivity index (χ4v) is 4.93. The highest BCUT2D eigenvalue weighted by Crippen LogP contribution is 2.43. The summed E-state index contributed by atoms with van der Waals surface area (Å²) in [5.41, 5.74) is 3.12. The maximum atomic E-state index is 12.7. The van der Waals surface area contributed by atoms with Crippen LogP contribution in [-0.4, -0.2) is 28.6 Å². The van der Waals surface area contributed by atoms with Crippen molar-refractivity contribution >= 4 is 50.1 Å². The Morgan fingerprint density at radius 2 is 2.09 bits per heavy atom. The van der Waals surface area contributed by atoms with Crippen LogP contribution >= 0.6 is 27.3 Å². The first kappa shape index (κ1) is 20.4. The molecule has 158 valence electrons. The third-order valence-corrected chi connectivity index (χ3v) is 6.67. The number of carbonyl (C=O) groups excluding carboxylic acids is 2. The molecule has 3 aromatic heterocycles. The molecule has 0 N–H and O–H groups in total. The van der Waals surface area contributed by atoms with Crippen LogP contribution in [0.4, 0.5) is 0 Å². The van der Waals surface area contributed by atoms with Gasteiger partial charge in [-0.25, -0.2) is 9.59 Å². The highest BCUT2D eigenvalue weighted by atomic mass is 79.9. The third kappa shape index (κ3) is 3.20. The lowest BCUT2D eigenvalue weighted by molar-refractivity contribution is 0.0587.